The van der Waals surface area contributed by atoms with E-state index in [-0.39, 0.29) is 18.1 Å². The number of unbranched alkanes of at least 4 members (excludes halogenated alkanes) is 7. The Kier molecular flexibility index (Phi) is 14.4. The molecule has 0 fully saturated rings. The van der Waals surface area contributed by atoms with Crippen LogP contribution in [0.5, 0.6) is 11.5 Å². The highest BCUT2D eigenvalue weighted by atomic mass is 16.3. The molecule has 0 heterocycles. The number of aromatic hydroxyl groups is 2. The van der Waals surface area contributed by atoms with Gasteiger partial charge in [0, 0.05) is 54.1 Å². The first-order valence-corrected chi connectivity index (χ1v) is 15.6. The highest BCUT2D eigenvalue weighted by Gasteiger charge is 2.17. The fourth-order valence-corrected chi connectivity index (χ4v) is 4.71. The minimum atomic E-state index is -0.0260. The van der Waals surface area contributed by atoms with Crippen LogP contribution in [0.4, 0.5) is 34.1 Å². The molecule has 0 atom stereocenters. The lowest BCUT2D eigenvalue weighted by molar-refractivity contribution is 0.283. The molecular formula is C35H50N4O3. The number of benzene rings is 3. The number of phenolic OH excluding ortho intramolecular Hbond substituents is 2. The van der Waals surface area contributed by atoms with Gasteiger partial charge in [0.05, 0.1) is 11.4 Å². The normalized spacial score (nSPS) is 11.1. The fourth-order valence-electron chi connectivity index (χ4n) is 4.71. The van der Waals surface area contributed by atoms with Gasteiger partial charge in [-0.25, -0.2) is 0 Å². The highest BCUT2D eigenvalue weighted by Crippen LogP contribution is 2.44. The average Bonchev–Trinajstić information content (AvgIpc) is 3.00. The first kappa shape index (κ1) is 32.7. The molecule has 7 N–H and O–H groups in total. The number of nitrogens with one attached hydrogen (secondary N) is 4. The van der Waals surface area contributed by atoms with Gasteiger partial charge in [-0.1, -0.05) is 64.5 Å². The number of anilines is 6. The molecule has 7 heteroatoms. The van der Waals surface area contributed by atoms with Crippen molar-refractivity contribution in [3.8, 4) is 11.5 Å². The Balaban J connectivity index is 1.74. The zero-order valence-electron chi connectivity index (χ0n) is 25.4. The Morgan fingerprint density at radius 1 is 0.595 bits per heavy atom. The van der Waals surface area contributed by atoms with Gasteiger partial charge >= 0.3 is 0 Å². The third-order valence-corrected chi connectivity index (χ3v) is 7.15. The zero-order valence-corrected chi connectivity index (χ0v) is 25.4. The van der Waals surface area contributed by atoms with E-state index in [9.17, 15) is 10.2 Å². The minimum Gasteiger partial charge on any atom is -0.506 e. The van der Waals surface area contributed by atoms with E-state index in [1.807, 2.05) is 54.6 Å². The van der Waals surface area contributed by atoms with E-state index in [4.69, 9.17) is 5.11 Å². The van der Waals surface area contributed by atoms with E-state index in [1.54, 1.807) is 0 Å². The molecule has 0 unspecified atom stereocenters. The van der Waals surface area contributed by atoms with Crippen LogP contribution in [-0.4, -0.2) is 35.0 Å². The Labute approximate surface area is 252 Å². The van der Waals surface area contributed by atoms with Crippen LogP contribution in [0.1, 0.15) is 83.6 Å². The van der Waals surface area contributed by atoms with Crippen molar-refractivity contribution in [2.45, 2.75) is 78.1 Å². The summed E-state index contributed by atoms with van der Waals surface area (Å²) >= 11 is 0. The average molecular weight is 575 g/mol. The molecule has 7 nitrogen and oxygen atoms in total. The molecule has 3 aromatic carbocycles. The van der Waals surface area contributed by atoms with Crippen LogP contribution in [0.3, 0.4) is 0 Å². The van der Waals surface area contributed by atoms with Crippen LogP contribution in [0.2, 0.25) is 0 Å². The maximum atomic E-state index is 10.9. The lowest BCUT2D eigenvalue weighted by Crippen LogP contribution is -2.03. The molecule has 0 radical (unpaired) electrons. The van der Waals surface area contributed by atoms with Gasteiger partial charge in [0.2, 0.25) is 0 Å². The van der Waals surface area contributed by atoms with Crippen LogP contribution < -0.4 is 21.3 Å². The van der Waals surface area contributed by atoms with Gasteiger partial charge in [0.1, 0.15) is 11.5 Å². The number of rotatable bonds is 20. The van der Waals surface area contributed by atoms with E-state index in [2.05, 4.69) is 41.2 Å². The summed E-state index contributed by atoms with van der Waals surface area (Å²) in [6, 6.07) is 17.4. The van der Waals surface area contributed by atoms with E-state index < -0.39 is 0 Å². The largest absolute Gasteiger partial charge is 0.506 e. The molecular weight excluding hydrogens is 524 g/mol. The predicted molar refractivity (Wildman–Crippen MR) is 180 cm³/mol. The third-order valence-electron chi connectivity index (χ3n) is 7.15. The van der Waals surface area contributed by atoms with E-state index >= 15 is 0 Å². The molecule has 0 aliphatic carbocycles. The van der Waals surface area contributed by atoms with Crippen molar-refractivity contribution in [2.75, 3.05) is 41.0 Å². The molecule has 0 saturated carbocycles. The van der Waals surface area contributed by atoms with E-state index in [1.165, 1.54) is 25.3 Å². The molecule has 0 aromatic heterocycles. The van der Waals surface area contributed by atoms with Crippen LogP contribution in [-0.2, 0) is 0 Å². The maximum absolute atomic E-state index is 10.9. The predicted octanol–water partition coefficient (Wildman–Crippen LogP) is 9.36. The molecule has 228 valence electrons. The minimum absolute atomic E-state index is 0.0224. The lowest BCUT2D eigenvalue weighted by Gasteiger charge is -2.19. The number of hydrogen-bond acceptors (Lipinski definition) is 7. The summed E-state index contributed by atoms with van der Waals surface area (Å²) < 4.78 is 0. The molecule has 42 heavy (non-hydrogen) atoms. The second-order valence-corrected chi connectivity index (χ2v) is 10.7. The molecule has 0 spiro atoms. The summed E-state index contributed by atoms with van der Waals surface area (Å²) in [5, 5.41) is 44.4. The molecule has 3 aromatic rings. The Hall–Kier alpha value is -3.84. The molecule has 0 aliphatic heterocycles. The van der Waals surface area contributed by atoms with Gasteiger partial charge in [0.25, 0.3) is 0 Å². The van der Waals surface area contributed by atoms with Crippen LogP contribution >= 0.6 is 0 Å². The lowest BCUT2D eigenvalue weighted by atomic mass is 10.1. The van der Waals surface area contributed by atoms with E-state index in [0.29, 0.717) is 16.9 Å². The molecule has 0 amide bonds. The van der Waals surface area contributed by atoms with Crippen molar-refractivity contribution in [2.24, 2.45) is 0 Å². The van der Waals surface area contributed by atoms with Crippen molar-refractivity contribution < 1.29 is 15.3 Å². The van der Waals surface area contributed by atoms with Gasteiger partial charge in [-0.2, -0.15) is 0 Å². The van der Waals surface area contributed by atoms with Gasteiger partial charge < -0.3 is 36.6 Å². The summed E-state index contributed by atoms with van der Waals surface area (Å²) in [7, 11) is 0. The zero-order chi connectivity index (χ0) is 30.0. The Bertz CT molecular complexity index is 1210. The van der Waals surface area contributed by atoms with E-state index in [0.717, 1.165) is 80.8 Å². The standard InChI is InChI=1S/C35H50N4O3/c1-3-5-7-11-23-36-27-15-19-29(20-16-27)38-34-31(14-10-6-4-2)35(33(42)26-32(34)41)39-30-21-17-28(18-22-30)37-24-12-8-9-13-25-40/h10,14-22,26,36-42H,3-9,11-13,23-25H2,1-2H3/b14-10+. The summed E-state index contributed by atoms with van der Waals surface area (Å²) in [5.74, 6) is -0.0484. The topological polar surface area (TPSA) is 109 Å². The summed E-state index contributed by atoms with van der Waals surface area (Å²) in [5.41, 5.74) is 5.51. The van der Waals surface area contributed by atoms with Crippen molar-refractivity contribution in [3.05, 3.63) is 66.2 Å². The highest BCUT2D eigenvalue weighted by molar-refractivity contribution is 5.90. The fraction of sp³-hybridized carbons (Fsp3) is 0.429. The molecule has 3 rings (SSSR count). The number of aliphatic hydroxyl groups excluding tert-OH is 1. The van der Waals surface area contributed by atoms with Crippen LogP contribution in [0.15, 0.2) is 60.7 Å². The number of phenols is 2. The van der Waals surface area contributed by atoms with Crippen LogP contribution in [0.25, 0.3) is 6.08 Å². The third kappa shape index (κ3) is 10.9. The second kappa shape index (κ2) is 18.6. The number of allylic oxidation sites excluding steroid dienone is 1. The SMILES string of the molecule is CCC/C=C/c1c(Nc2ccc(NCCCCCC)cc2)c(O)cc(O)c1Nc1ccc(NCCCCCCO)cc1. The number of aliphatic hydroxyl groups is 1. The maximum Gasteiger partial charge on any atom is 0.143 e. The van der Waals surface area contributed by atoms with Crippen LogP contribution in [0, 0.1) is 0 Å². The monoisotopic (exact) mass is 574 g/mol. The summed E-state index contributed by atoms with van der Waals surface area (Å²) in [6.07, 6.45) is 14.8. The van der Waals surface area contributed by atoms with Crippen molar-refractivity contribution in [1.29, 1.82) is 0 Å². The van der Waals surface area contributed by atoms with Crippen molar-refractivity contribution in [1.82, 2.24) is 0 Å². The van der Waals surface area contributed by atoms with Gasteiger partial charge in [0.15, 0.2) is 0 Å². The Morgan fingerprint density at radius 3 is 1.55 bits per heavy atom. The Morgan fingerprint density at radius 2 is 1.07 bits per heavy atom. The smallest absolute Gasteiger partial charge is 0.143 e. The number of hydrogen-bond donors (Lipinski definition) is 7. The quantitative estimate of drug-likeness (QED) is 0.0409. The second-order valence-electron chi connectivity index (χ2n) is 10.7. The first-order chi connectivity index (χ1) is 20.5. The molecule has 0 saturated heterocycles. The summed E-state index contributed by atoms with van der Waals surface area (Å²) in [4.78, 5) is 0. The first-order valence-electron chi connectivity index (χ1n) is 15.6. The molecule has 0 bridgehead atoms. The van der Waals surface area contributed by atoms with Crippen molar-refractivity contribution >= 4 is 40.2 Å². The van der Waals surface area contributed by atoms with Gasteiger partial charge in [-0.15, -0.1) is 0 Å². The van der Waals surface area contributed by atoms with Crippen molar-refractivity contribution in [3.63, 3.8) is 0 Å². The van der Waals surface area contributed by atoms with Gasteiger partial charge in [-0.05, 0) is 74.2 Å². The summed E-state index contributed by atoms with van der Waals surface area (Å²) in [6.45, 7) is 6.43. The molecule has 0 aliphatic rings. The van der Waals surface area contributed by atoms with Gasteiger partial charge in [-0.3, -0.25) is 0 Å².